The molecule has 0 radical (unpaired) electrons. The van der Waals surface area contributed by atoms with Gasteiger partial charge in [-0.2, -0.15) is 0 Å². The topological polar surface area (TPSA) is 112 Å². The summed E-state index contributed by atoms with van der Waals surface area (Å²) >= 11 is 0. The van der Waals surface area contributed by atoms with Gasteiger partial charge >= 0.3 is 0 Å². The van der Waals surface area contributed by atoms with Crippen LogP contribution >= 0.6 is 0 Å². The summed E-state index contributed by atoms with van der Waals surface area (Å²) in [5.41, 5.74) is 2.18. The number of hydrogen-bond donors (Lipinski definition) is 2. The Morgan fingerprint density at radius 1 is 1.21 bits per heavy atom. The van der Waals surface area contributed by atoms with E-state index in [1.165, 1.54) is 12.1 Å². The molecule has 8 nitrogen and oxygen atoms in total. The Kier molecular flexibility index (Phi) is 4.60. The van der Waals surface area contributed by atoms with Gasteiger partial charge in [-0.05, 0) is 29.8 Å². The van der Waals surface area contributed by atoms with E-state index in [0.717, 1.165) is 23.3 Å². The number of halogens is 1. The number of aromatic amines is 2. The van der Waals surface area contributed by atoms with Gasteiger partial charge in [0, 0.05) is 25.8 Å². The van der Waals surface area contributed by atoms with E-state index in [1.54, 1.807) is 18.3 Å². The van der Waals surface area contributed by atoms with Crippen LogP contribution in [-0.4, -0.2) is 46.1 Å². The molecule has 1 aromatic carbocycles. The minimum Gasteiger partial charge on any atom is -0.341 e. The monoisotopic (exact) mass is 403 g/mol. The highest BCUT2D eigenvalue weighted by Crippen LogP contribution is 2.20. The van der Waals surface area contributed by atoms with E-state index in [2.05, 4.69) is 19.9 Å². The van der Waals surface area contributed by atoms with Crippen LogP contribution in [0.3, 0.4) is 0 Å². The number of aromatic nitrogens is 4. The van der Waals surface area contributed by atoms with Gasteiger partial charge in [0.15, 0.2) is 0 Å². The largest absolute Gasteiger partial charge is 0.341 e. The van der Waals surface area contributed by atoms with Crippen LogP contribution in [0.1, 0.15) is 17.1 Å². The molecule has 146 valence electrons. The Morgan fingerprint density at radius 3 is 2.68 bits per heavy atom. The van der Waals surface area contributed by atoms with Crippen molar-refractivity contribution in [2.75, 3.05) is 12.8 Å². The standard InChI is InChI=1S/C18H18FN5O3S/c1-28(26,27)18-22-14-6-7-24(9-13(14)17(25)23-18)10-16-20-8-15(21-16)11-2-4-12(19)5-3-11/h2-5,8H,6-7,9-10H2,1H3,(H,20,21)(H,22,23,25). The molecule has 4 rings (SSSR count). The van der Waals surface area contributed by atoms with Crippen molar-refractivity contribution in [1.29, 1.82) is 0 Å². The zero-order chi connectivity index (χ0) is 19.9. The molecule has 0 saturated carbocycles. The van der Waals surface area contributed by atoms with Crippen molar-refractivity contribution in [2.45, 2.75) is 24.7 Å². The number of imidazole rings is 1. The van der Waals surface area contributed by atoms with Gasteiger partial charge in [0.25, 0.3) is 5.56 Å². The van der Waals surface area contributed by atoms with Gasteiger partial charge in [-0.25, -0.2) is 22.8 Å². The van der Waals surface area contributed by atoms with Crippen LogP contribution in [0.2, 0.25) is 0 Å². The molecule has 10 heteroatoms. The fourth-order valence-corrected chi connectivity index (χ4v) is 3.75. The lowest BCUT2D eigenvalue weighted by Gasteiger charge is -2.26. The predicted molar refractivity (Wildman–Crippen MR) is 99.8 cm³/mol. The highest BCUT2D eigenvalue weighted by molar-refractivity contribution is 7.90. The molecule has 0 amide bonds. The van der Waals surface area contributed by atoms with Crippen molar-refractivity contribution in [3.05, 3.63) is 63.7 Å². The van der Waals surface area contributed by atoms with E-state index < -0.39 is 15.4 Å². The van der Waals surface area contributed by atoms with E-state index in [1.807, 2.05) is 4.90 Å². The van der Waals surface area contributed by atoms with Crippen molar-refractivity contribution in [3.63, 3.8) is 0 Å². The van der Waals surface area contributed by atoms with E-state index in [9.17, 15) is 17.6 Å². The highest BCUT2D eigenvalue weighted by atomic mass is 32.2. The van der Waals surface area contributed by atoms with Crippen molar-refractivity contribution in [2.24, 2.45) is 0 Å². The average molecular weight is 403 g/mol. The number of H-pyrrole nitrogens is 2. The Morgan fingerprint density at radius 2 is 1.96 bits per heavy atom. The minimum atomic E-state index is -3.57. The number of nitrogens with zero attached hydrogens (tertiary/aromatic N) is 3. The average Bonchev–Trinajstić information content (AvgIpc) is 3.10. The summed E-state index contributed by atoms with van der Waals surface area (Å²) in [6, 6.07) is 6.13. The van der Waals surface area contributed by atoms with Crippen LogP contribution in [-0.2, 0) is 29.3 Å². The summed E-state index contributed by atoms with van der Waals surface area (Å²) in [5, 5.41) is -0.292. The molecule has 1 aliphatic heterocycles. The maximum atomic E-state index is 13.1. The normalized spacial score (nSPS) is 14.8. The number of nitrogens with one attached hydrogen (secondary N) is 2. The lowest BCUT2D eigenvalue weighted by atomic mass is 10.1. The van der Waals surface area contributed by atoms with E-state index in [-0.39, 0.29) is 11.0 Å². The first-order valence-electron chi connectivity index (χ1n) is 8.64. The molecule has 28 heavy (non-hydrogen) atoms. The van der Waals surface area contributed by atoms with Gasteiger partial charge in [0.05, 0.1) is 29.7 Å². The molecule has 0 atom stereocenters. The van der Waals surface area contributed by atoms with Crippen molar-refractivity contribution in [1.82, 2.24) is 24.8 Å². The quantitative estimate of drug-likeness (QED) is 0.635. The van der Waals surface area contributed by atoms with Crippen LogP contribution in [0.4, 0.5) is 4.39 Å². The summed E-state index contributed by atoms with van der Waals surface area (Å²) in [6.45, 7) is 1.47. The fraction of sp³-hybridized carbons (Fsp3) is 0.278. The van der Waals surface area contributed by atoms with Gasteiger partial charge in [0.2, 0.25) is 15.0 Å². The van der Waals surface area contributed by atoms with Gasteiger partial charge in [-0.3, -0.25) is 14.7 Å². The number of rotatable bonds is 4. The highest BCUT2D eigenvalue weighted by Gasteiger charge is 2.24. The summed E-state index contributed by atoms with van der Waals surface area (Å²) in [7, 11) is -3.57. The summed E-state index contributed by atoms with van der Waals surface area (Å²) in [6.07, 6.45) is 3.18. The van der Waals surface area contributed by atoms with Crippen LogP contribution < -0.4 is 5.56 Å². The van der Waals surface area contributed by atoms with Gasteiger partial charge in [-0.15, -0.1) is 0 Å². The second-order valence-corrected chi connectivity index (χ2v) is 8.71. The molecule has 3 heterocycles. The maximum Gasteiger partial charge on any atom is 0.256 e. The van der Waals surface area contributed by atoms with Gasteiger partial charge in [0.1, 0.15) is 11.6 Å². The molecule has 0 spiro atoms. The first-order chi connectivity index (χ1) is 13.3. The summed E-state index contributed by atoms with van der Waals surface area (Å²) in [4.78, 5) is 28.4. The third kappa shape index (κ3) is 3.73. The third-order valence-electron chi connectivity index (χ3n) is 4.63. The number of benzene rings is 1. The predicted octanol–water partition coefficient (Wildman–Crippen LogP) is 1.26. The zero-order valence-corrected chi connectivity index (χ0v) is 15.9. The molecule has 0 fully saturated rings. The third-order valence-corrected chi connectivity index (χ3v) is 5.53. The van der Waals surface area contributed by atoms with Crippen LogP contribution in [0.5, 0.6) is 0 Å². The zero-order valence-electron chi connectivity index (χ0n) is 15.1. The molecule has 3 aromatic rings. The van der Waals surface area contributed by atoms with Crippen LogP contribution in [0, 0.1) is 5.82 Å². The van der Waals surface area contributed by atoms with E-state index in [4.69, 9.17) is 0 Å². The van der Waals surface area contributed by atoms with E-state index >= 15 is 0 Å². The van der Waals surface area contributed by atoms with Crippen molar-refractivity contribution >= 4 is 9.84 Å². The maximum absolute atomic E-state index is 13.1. The Labute approximate surface area is 160 Å². The molecule has 2 aromatic heterocycles. The fourth-order valence-electron chi connectivity index (χ4n) is 3.20. The molecule has 0 bridgehead atoms. The number of sulfone groups is 1. The van der Waals surface area contributed by atoms with Crippen molar-refractivity contribution < 1.29 is 12.8 Å². The minimum absolute atomic E-state index is 0.292. The second-order valence-electron chi connectivity index (χ2n) is 6.78. The molecule has 0 aliphatic carbocycles. The number of hydrogen-bond acceptors (Lipinski definition) is 6. The summed E-state index contributed by atoms with van der Waals surface area (Å²) in [5.74, 6) is 0.424. The molecular weight excluding hydrogens is 385 g/mol. The molecular formula is C18H18FN5O3S. The molecule has 1 aliphatic rings. The number of fused-ring (bicyclic) bond motifs is 1. The van der Waals surface area contributed by atoms with Crippen LogP contribution in [0.15, 0.2) is 40.4 Å². The Bertz CT molecular complexity index is 1180. The SMILES string of the molecule is CS(=O)(=O)c1nc2c(c(=O)[nH]1)CN(Cc1ncc(-c3ccc(F)cc3)[nH]1)CC2. The van der Waals surface area contributed by atoms with Gasteiger partial charge in [-0.1, -0.05) is 0 Å². The van der Waals surface area contributed by atoms with Crippen molar-refractivity contribution in [3.8, 4) is 11.3 Å². The Balaban J connectivity index is 1.51. The first kappa shape index (κ1) is 18.5. The molecule has 0 unspecified atom stereocenters. The molecule has 0 saturated heterocycles. The summed E-state index contributed by atoms with van der Waals surface area (Å²) < 4.78 is 36.3. The second kappa shape index (κ2) is 6.95. The van der Waals surface area contributed by atoms with E-state index in [0.29, 0.717) is 37.3 Å². The van der Waals surface area contributed by atoms with Gasteiger partial charge < -0.3 is 4.98 Å². The molecule has 2 N–H and O–H groups in total. The van der Waals surface area contributed by atoms with Crippen LogP contribution in [0.25, 0.3) is 11.3 Å². The lowest BCUT2D eigenvalue weighted by Crippen LogP contribution is -2.36. The Hall–Kier alpha value is -2.85. The smallest absolute Gasteiger partial charge is 0.256 e. The first-order valence-corrected chi connectivity index (χ1v) is 10.5. The lowest BCUT2D eigenvalue weighted by molar-refractivity contribution is 0.235.